The molecule has 102 valence electrons. The van der Waals surface area contributed by atoms with Crippen LogP contribution in [0.3, 0.4) is 0 Å². The molecule has 1 N–H and O–H groups in total. The molecule has 2 rings (SSSR count). The Labute approximate surface area is 114 Å². The van der Waals surface area contributed by atoms with Crippen molar-refractivity contribution in [2.24, 2.45) is 0 Å². The van der Waals surface area contributed by atoms with Crippen molar-refractivity contribution in [3.63, 3.8) is 0 Å². The Morgan fingerprint density at radius 3 is 2.84 bits per heavy atom. The van der Waals surface area contributed by atoms with Gasteiger partial charge in [-0.05, 0) is 19.9 Å². The van der Waals surface area contributed by atoms with Crippen LogP contribution in [0.1, 0.15) is 25.8 Å². The standard InChI is InChI=1S/C15H20N2O2/c1-14(2)10-15(11-16,17-8-9-18-3)12-6-4-5-7-13(12)19-14/h4-7,17H,8-10H2,1-3H3. The third kappa shape index (κ3) is 2.73. The van der Waals surface area contributed by atoms with E-state index in [1.165, 1.54) is 0 Å². The van der Waals surface area contributed by atoms with E-state index in [1.807, 2.05) is 38.1 Å². The van der Waals surface area contributed by atoms with Crippen LogP contribution in [0.4, 0.5) is 0 Å². The third-order valence-corrected chi connectivity index (χ3v) is 3.35. The first-order valence-corrected chi connectivity index (χ1v) is 6.47. The van der Waals surface area contributed by atoms with Crippen molar-refractivity contribution in [3.8, 4) is 11.8 Å². The van der Waals surface area contributed by atoms with Crippen molar-refractivity contribution in [1.82, 2.24) is 5.32 Å². The number of hydrogen-bond acceptors (Lipinski definition) is 4. The lowest BCUT2D eigenvalue weighted by molar-refractivity contribution is 0.0469. The second-order valence-corrected chi connectivity index (χ2v) is 5.47. The van der Waals surface area contributed by atoms with Crippen LogP contribution >= 0.6 is 0 Å². The second kappa shape index (κ2) is 5.20. The number of benzene rings is 1. The summed E-state index contributed by atoms with van der Waals surface area (Å²) in [6.07, 6.45) is 0.608. The van der Waals surface area contributed by atoms with Gasteiger partial charge in [0.25, 0.3) is 0 Å². The third-order valence-electron chi connectivity index (χ3n) is 3.35. The van der Waals surface area contributed by atoms with E-state index in [4.69, 9.17) is 9.47 Å². The van der Waals surface area contributed by atoms with E-state index in [1.54, 1.807) is 7.11 Å². The van der Waals surface area contributed by atoms with E-state index in [-0.39, 0.29) is 5.60 Å². The van der Waals surface area contributed by atoms with Gasteiger partial charge in [0, 0.05) is 25.6 Å². The molecule has 0 radical (unpaired) electrons. The van der Waals surface area contributed by atoms with E-state index in [9.17, 15) is 5.26 Å². The second-order valence-electron chi connectivity index (χ2n) is 5.47. The molecule has 0 spiro atoms. The molecule has 1 aromatic carbocycles. The van der Waals surface area contributed by atoms with Crippen LogP contribution in [0.15, 0.2) is 24.3 Å². The minimum absolute atomic E-state index is 0.371. The quantitative estimate of drug-likeness (QED) is 0.843. The van der Waals surface area contributed by atoms with Crippen molar-refractivity contribution < 1.29 is 9.47 Å². The largest absolute Gasteiger partial charge is 0.487 e. The van der Waals surface area contributed by atoms with Crippen LogP contribution in [0.2, 0.25) is 0 Å². The molecule has 0 amide bonds. The zero-order valence-electron chi connectivity index (χ0n) is 11.7. The van der Waals surface area contributed by atoms with Gasteiger partial charge in [0.2, 0.25) is 0 Å². The number of fused-ring (bicyclic) bond motifs is 1. The Bertz CT molecular complexity index is 493. The van der Waals surface area contributed by atoms with Crippen molar-refractivity contribution in [2.45, 2.75) is 31.4 Å². The highest BCUT2D eigenvalue weighted by atomic mass is 16.5. The number of nitrogens with zero attached hydrogens (tertiary/aromatic N) is 1. The normalized spacial score (nSPS) is 24.1. The molecule has 0 saturated carbocycles. The van der Waals surface area contributed by atoms with Crippen molar-refractivity contribution in [1.29, 1.82) is 5.26 Å². The summed E-state index contributed by atoms with van der Waals surface area (Å²) in [6, 6.07) is 10.2. The van der Waals surface area contributed by atoms with E-state index < -0.39 is 5.54 Å². The summed E-state index contributed by atoms with van der Waals surface area (Å²) < 4.78 is 11.0. The molecule has 0 aromatic heterocycles. The lowest BCUT2D eigenvalue weighted by Crippen LogP contribution is -2.52. The molecule has 19 heavy (non-hydrogen) atoms. The van der Waals surface area contributed by atoms with Gasteiger partial charge in [0.1, 0.15) is 16.9 Å². The smallest absolute Gasteiger partial charge is 0.139 e. The first kappa shape index (κ1) is 13.9. The molecule has 0 bridgehead atoms. The van der Waals surface area contributed by atoms with Crippen LogP contribution in [0.5, 0.6) is 5.75 Å². The number of nitrogens with one attached hydrogen (secondary N) is 1. The van der Waals surface area contributed by atoms with Crippen molar-refractivity contribution in [2.75, 3.05) is 20.3 Å². The molecule has 1 aliphatic heterocycles. The van der Waals surface area contributed by atoms with Crippen molar-refractivity contribution >= 4 is 0 Å². The zero-order valence-corrected chi connectivity index (χ0v) is 11.7. The molecule has 4 nitrogen and oxygen atoms in total. The van der Waals surface area contributed by atoms with E-state index >= 15 is 0 Å². The summed E-state index contributed by atoms with van der Waals surface area (Å²) in [6.45, 7) is 5.22. The van der Waals surface area contributed by atoms with Gasteiger partial charge in [-0.3, -0.25) is 5.32 Å². The predicted octanol–water partition coefficient (Wildman–Crippen LogP) is 2.20. The summed E-state index contributed by atoms with van der Waals surface area (Å²) in [7, 11) is 1.66. The lowest BCUT2D eigenvalue weighted by atomic mass is 9.78. The number of methoxy groups -OCH3 is 1. The van der Waals surface area contributed by atoms with E-state index in [0.29, 0.717) is 19.6 Å². The predicted molar refractivity (Wildman–Crippen MR) is 72.9 cm³/mol. The maximum Gasteiger partial charge on any atom is 0.139 e. The Kier molecular flexibility index (Phi) is 3.79. The monoisotopic (exact) mass is 260 g/mol. The van der Waals surface area contributed by atoms with Gasteiger partial charge in [0.15, 0.2) is 0 Å². The van der Waals surface area contributed by atoms with Gasteiger partial charge in [-0.15, -0.1) is 0 Å². The Balaban J connectivity index is 2.39. The molecule has 0 aliphatic carbocycles. The Morgan fingerprint density at radius 1 is 1.42 bits per heavy atom. The van der Waals surface area contributed by atoms with Crippen LogP contribution in [0, 0.1) is 11.3 Å². The van der Waals surface area contributed by atoms with Gasteiger partial charge >= 0.3 is 0 Å². The van der Waals surface area contributed by atoms with Crippen LogP contribution in [-0.2, 0) is 10.3 Å². The highest BCUT2D eigenvalue weighted by Gasteiger charge is 2.45. The van der Waals surface area contributed by atoms with Crippen molar-refractivity contribution in [3.05, 3.63) is 29.8 Å². The van der Waals surface area contributed by atoms with Gasteiger partial charge in [-0.1, -0.05) is 18.2 Å². The lowest BCUT2D eigenvalue weighted by Gasteiger charge is -2.42. The molecular formula is C15H20N2O2. The maximum absolute atomic E-state index is 9.71. The molecule has 1 aliphatic rings. The number of rotatable bonds is 4. The SMILES string of the molecule is COCCNC1(C#N)CC(C)(C)Oc2ccccc21. The topological polar surface area (TPSA) is 54.3 Å². The van der Waals surface area contributed by atoms with Crippen LogP contribution < -0.4 is 10.1 Å². The van der Waals surface area contributed by atoms with Gasteiger partial charge in [0.05, 0.1) is 12.7 Å². The average molecular weight is 260 g/mol. The number of nitriles is 1. The van der Waals surface area contributed by atoms with Gasteiger partial charge < -0.3 is 9.47 Å². The fourth-order valence-electron chi connectivity index (χ4n) is 2.64. The molecule has 1 unspecified atom stereocenters. The molecule has 1 heterocycles. The summed E-state index contributed by atoms with van der Waals surface area (Å²) in [5, 5.41) is 13.0. The highest BCUT2D eigenvalue weighted by Crippen LogP contribution is 2.42. The van der Waals surface area contributed by atoms with Gasteiger partial charge in [-0.2, -0.15) is 5.26 Å². The molecule has 0 fully saturated rings. The number of para-hydroxylation sites is 1. The highest BCUT2D eigenvalue weighted by molar-refractivity contribution is 5.46. The average Bonchev–Trinajstić information content (AvgIpc) is 2.37. The molecule has 1 atom stereocenters. The summed E-state index contributed by atoms with van der Waals surface area (Å²) in [5.41, 5.74) is -0.172. The summed E-state index contributed by atoms with van der Waals surface area (Å²) in [5.74, 6) is 0.783. The van der Waals surface area contributed by atoms with Crippen LogP contribution in [-0.4, -0.2) is 25.9 Å². The fraction of sp³-hybridized carbons (Fsp3) is 0.533. The summed E-state index contributed by atoms with van der Waals surface area (Å²) >= 11 is 0. The fourth-order valence-corrected chi connectivity index (χ4v) is 2.64. The zero-order chi connectivity index (χ0) is 13.9. The Hall–Kier alpha value is -1.57. The minimum atomic E-state index is -0.711. The van der Waals surface area contributed by atoms with E-state index in [0.717, 1.165) is 11.3 Å². The summed E-state index contributed by atoms with van der Waals surface area (Å²) in [4.78, 5) is 0. The maximum atomic E-state index is 9.71. The first-order valence-electron chi connectivity index (χ1n) is 6.47. The minimum Gasteiger partial charge on any atom is -0.487 e. The van der Waals surface area contributed by atoms with E-state index in [2.05, 4.69) is 11.4 Å². The molecule has 1 aromatic rings. The molecule has 0 saturated heterocycles. The molecular weight excluding hydrogens is 240 g/mol. The number of ether oxygens (including phenoxy) is 2. The number of hydrogen-bond donors (Lipinski definition) is 1. The van der Waals surface area contributed by atoms with Crippen LogP contribution in [0.25, 0.3) is 0 Å². The van der Waals surface area contributed by atoms with Gasteiger partial charge in [-0.25, -0.2) is 0 Å². The first-order chi connectivity index (χ1) is 9.03. The molecule has 4 heteroatoms. The Morgan fingerprint density at radius 2 is 2.16 bits per heavy atom.